The fourth-order valence-electron chi connectivity index (χ4n) is 3.47. The van der Waals surface area contributed by atoms with Gasteiger partial charge in [0.05, 0.1) is 17.6 Å². The van der Waals surface area contributed by atoms with E-state index in [2.05, 4.69) is 22.2 Å². The summed E-state index contributed by atoms with van der Waals surface area (Å²) in [7, 11) is 0. The average molecular weight is 428 g/mol. The summed E-state index contributed by atoms with van der Waals surface area (Å²) in [6.07, 6.45) is 4.51. The van der Waals surface area contributed by atoms with Crippen molar-refractivity contribution in [3.63, 3.8) is 0 Å². The van der Waals surface area contributed by atoms with Crippen molar-refractivity contribution >= 4 is 11.2 Å². The van der Waals surface area contributed by atoms with Gasteiger partial charge in [0.25, 0.3) is 0 Å². The van der Waals surface area contributed by atoms with Gasteiger partial charge in [-0.1, -0.05) is 12.1 Å². The molecule has 0 atom stereocenters. The minimum atomic E-state index is -0.343. The van der Waals surface area contributed by atoms with E-state index in [0.717, 1.165) is 18.5 Å². The molecule has 0 saturated heterocycles. The average Bonchev–Trinajstić information content (AvgIpc) is 3.28. The lowest BCUT2D eigenvalue weighted by Crippen LogP contribution is -1.98. The number of aryl methyl sites for hydroxylation is 1. The van der Waals surface area contributed by atoms with Crippen LogP contribution in [0.25, 0.3) is 44.9 Å². The number of hydrogen-bond acceptors (Lipinski definition) is 5. The van der Waals surface area contributed by atoms with Crippen LogP contribution in [0, 0.1) is 11.6 Å². The Bertz CT molecular complexity index is 1390. The lowest BCUT2D eigenvalue weighted by Gasteiger charge is -2.11. The Morgan fingerprint density at radius 3 is 2.06 bits per heavy atom. The number of aromatic nitrogens is 6. The Morgan fingerprint density at radius 1 is 0.812 bits per heavy atom. The third-order valence-electron chi connectivity index (χ3n) is 5.04. The van der Waals surface area contributed by atoms with Crippen molar-refractivity contribution in [1.82, 2.24) is 29.9 Å². The van der Waals surface area contributed by atoms with Crippen molar-refractivity contribution in [2.75, 3.05) is 0 Å². The first-order chi connectivity index (χ1) is 15.6. The van der Waals surface area contributed by atoms with Gasteiger partial charge in [-0.05, 0) is 61.0 Å². The second-order valence-corrected chi connectivity index (χ2v) is 7.37. The van der Waals surface area contributed by atoms with Gasteiger partial charge in [0.15, 0.2) is 5.65 Å². The second-order valence-electron chi connectivity index (χ2n) is 7.37. The monoisotopic (exact) mass is 428 g/mol. The summed E-state index contributed by atoms with van der Waals surface area (Å²) in [5.74, 6) is -0.685. The first kappa shape index (κ1) is 19.9. The van der Waals surface area contributed by atoms with Gasteiger partial charge in [-0.3, -0.25) is 4.68 Å². The molecule has 0 aliphatic carbocycles. The van der Waals surface area contributed by atoms with Gasteiger partial charge < -0.3 is 0 Å². The zero-order chi connectivity index (χ0) is 22.1. The molecule has 5 aromatic rings. The maximum atomic E-state index is 13.5. The van der Waals surface area contributed by atoms with E-state index in [0.29, 0.717) is 39.4 Å². The minimum Gasteiger partial charge on any atom is -0.252 e. The fraction of sp³-hybridized carbons (Fsp3) is 0.125. The summed E-state index contributed by atoms with van der Waals surface area (Å²) in [5.41, 5.74) is 4.95. The summed E-state index contributed by atoms with van der Waals surface area (Å²) in [4.78, 5) is 14.0. The van der Waals surface area contributed by atoms with Gasteiger partial charge >= 0.3 is 0 Å². The second kappa shape index (κ2) is 8.22. The highest BCUT2D eigenvalue weighted by Crippen LogP contribution is 2.31. The van der Waals surface area contributed by atoms with Crippen molar-refractivity contribution in [1.29, 1.82) is 0 Å². The number of fused-ring (bicyclic) bond motifs is 1. The van der Waals surface area contributed by atoms with Gasteiger partial charge in [0.1, 0.15) is 22.8 Å². The van der Waals surface area contributed by atoms with Crippen LogP contribution in [0.4, 0.5) is 8.78 Å². The van der Waals surface area contributed by atoms with Crippen LogP contribution in [-0.4, -0.2) is 29.9 Å². The highest BCUT2D eigenvalue weighted by Gasteiger charge is 2.15. The van der Waals surface area contributed by atoms with E-state index >= 15 is 0 Å². The van der Waals surface area contributed by atoms with Crippen molar-refractivity contribution in [3.8, 4) is 33.8 Å². The molecule has 5 rings (SSSR count). The first-order valence-corrected chi connectivity index (χ1v) is 10.2. The van der Waals surface area contributed by atoms with Gasteiger partial charge in [0, 0.05) is 29.4 Å². The molecule has 0 bridgehead atoms. The van der Waals surface area contributed by atoms with Gasteiger partial charge in [0.2, 0.25) is 0 Å². The lowest BCUT2D eigenvalue weighted by molar-refractivity contribution is 0.579. The van der Waals surface area contributed by atoms with Gasteiger partial charge in [-0.2, -0.15) is 0 Å². The van der Waals surface area contributed by atoms with Crippen molar-refractivity contribution in [2.24, 2.45) is 0 Å². The molecule has 8 heteroatoms. The maximum absolute atomic E-state index is 13.5. The van der Waals surface area contributed by atoms with Gasteiger partial charge in [-0.15, -0.1) is 5.10 Å². The van der Waals surface area contributed by atoms with E-state index in [1.807, 2.05) is 12.3 Å². The van der Waals surface area contributed by atoms with E-state index in [9.17, 15) is 8.78 Å². The Balaban J connectivity index is 1.67. The van der Waals surface area contributed by atoms with Crippen LogP contribution >= 0.6 is 0 Å². The molecular formula is C24H18F2N6. The molecule has 0 saturated carbocycles. The Kier molecular flexibility index (Phi) is 5.10. The van der Waals surface area contributed by atoms with Crippen molar-refractivity contribution in [2.45, 2.75) is 19.9 Å². The summed E-state index contributed by atoms with van der Waals surface area (Å²) in [6.45, 7) is 2.85. The Hall–Kier alpha value is -4.07. The molecule has 32 heavy (non-hydrogen) atoms. The van der Waals surface area contributed by atoms with Crippen LogP contribution in [0.2, 0.25) is 0 Å². The van der Waals surface area contributed by atoms with E-state index in [1.165, 1.54) is 24.3 Å². The number of benzene rings is 2. The normalized spacial score (nSPS) is 11.2. The maximum Gasteiger partial charge on any atom is 0.178 e. The van der Waals surface area contributed by atoms with Crippen LogP contribution in [0.5, 0.6) is 0 Å². The topological polar surface area (TPSA) is 69.4 Å². The van der Waals surface area contributed by atoms with Crippen LogP contribution in [0.1, 0.15) is 13.3 Å². The zero-order valence-electron chi connectivity index (χ0n) is 17.2. The summed E-state index contributed by atoms with van der Waals surface area (Å²) in [6, 6.07) is 13.9. The number of hydrogen-bond donors (Lipinski definition) is 0. The number of pyridine rings is 1. The molecule has 0 aliphatic heterocycles. The minimum absolute atomic E-state index is 0.343. The highest BCUT2D eigenvalue weighted by atomic mass is 19.1. The van der Waals surface area contributed by atoms with Gasteiger partial charge in [-0.25, -0.2) is 23.7 Å². The predicted octanol–water partition coefficient (Wildman–Crippen LogP) is 5.31. The summed E-state index contributed by atoms with van der Waals surface area (Å²) >= 11 is 0. The van der Waals surface area contributed by atoms with E-state index in [1.54, 1.807) is 35.1 Å². The molecule has 0 aliphatic rings. The Morgan fingerprint density at radius 2 is 1.44 bits per heavy atom. The molecule has 3 aromatic heterocycles. The van der Waals surface area contributed by atoms with Crippen LogP contribution < -0.4 is 0 Å². The largest absolute Gasteiger partial charge is 0.252 e. The predicted molar refractivity (Wildman–Crippen MR) is 117 cm³/mol. The SMILES string of the molecule is CCCn1cc(-c2cnc3nc(-c4ccc(F)cc4)c(-c4ccc(F)cc4)nc3c2)nn1. The number of nitrogens with zero attached hydrogens (tertiary/aromatic N) is 6. The molecule has 0 unspecified atom stereocenters. The Labute approximate surface area is 182 Å². The molecule has 0 radical (unpaired) electrons. The standard InChI is InChI=1S/C24H18F2N6/c1-2-11-32-14-21(30-31-32)17-12-20-24(27-13-17)29-23(16-5-9-19(26)10-6-16)22(28-20)15-3-7-18(25)8-4-15/h3-10,12-14H,2,11H2,1H3. The highest BCUT2D eigenvalue weighted by molar-refractivity contribution is 5.86. The molecule has 6 nitrogen and oxygen atoms in total. The molecule has 2 aromatic carbocycles. The van der Waals surface area contributed by atoms with E-state index in [-0.39, 0.29) is 11.6 Å². The van der Waals surface area contributed by atoms with Crippen LogP contribution in [0.3, 0.4) is 0 Å². The zero-order valence-corrected chi connectivity index (χ0v) is 17.2. The van der Waals surface area contributed by atoms with Crippen LogP contribution in [0.15, 0.2) is 67.0 Å². The van der Waals surface area contributed by atoms with Crippen molar-refractivity contribution < 1.29 is 8.78 Å². The van der Waals surface area contributed by atoms with E-state index in [4.69, 9.17) is 9.97 Å². The quantitative estimate of drug-likeness (QED) is 0.380. The molecule has 0 spiro atoms. The van der Waals surface area contributed by atoms with E-state index < -0.39 is 0 Å². The molecule has 0 amide bonds. The summed E-state index contributed by atoms with van der Waals surface area (Å²) < 4.78 is 28.8. The number of rotatable bonds is 5. The first-order valence-electron chi connectivity index (χ1n) is 10.2. The lowest BCUT2D eigenvalue weighted by atomic mass is 10.0. The third kappa shape index (κ3) is 3.82. The van der Waals surface area contributed by atoms with Crippen LogP contribution in [-0.2, 0) is 6.54 Å². The number of halogens is 2. The summed E-state index contributed by atoms with van der Waals surface area (Å²) in [5, 5.41) is 8.36. The molecule has 3 heterocycles. The molecule has 158 valence electrons. The molecule has 0 fully saturated rings. The third-order valence-corrected chi connectivity index (χ3v) is 5.04. The fourth-order valence-corrected chi connectivity index (χ4v) is 3.47. The smallest absolute Gasteiger partial charge is 0.178 e. The molecular weight excluding hydrogens is 410 g/mol. The van der Waals surface area contributed by atoms with Crippen molar-refractivity contribution in [3.05, 3.63) is 78.6 Å². The molecule has 0 N–H and O–H groups in total.